The Kier molecular flexibility index (Phi) is 5.38. The summed E-state index contributed by atoms with van der Waals surface area (Å²) in [5.74, 6) is 0.596. The van der Waals surface area contributed by atoms with Gasteiger partial charge >= 0.3 is 0 Å². The van der Waals surface area contributed by atoms with E-state index in [1.54, 1.807) is 13.1 Å². The second-order valence-electron chi connectivity index (χ2n) is 3.30. The van der Waals surface area contributed by atoms with Crippen LogP contribution in [0.1, 0.15) is 0 Å². The molecule has 5 nitrogen and oxygen atoms in total. The molecule has 0 saturated carbocycles. The molecule has 2 N–H and O–H groups in total. The third-order valence-electron chi connectivity index (χ3n) is 2.10. The van der Waals surface area contributed by atoms with Crippen LogP contribution in [0.4, 0.5) is 0 Å². The minimum Gasteiger partial charge on any atom is -0.496 e. The zero-order valence-electron chi connectivity index (χ0n) is 9.66. The van der Waals surface area contributed by atoms with Crippen LogP contribution in [0, 0.1) is 0 Å². The summed E-state index contributed by atoms with van der Waals surface area (Å²) >= 11 is 3.25. The number of benzene rings is 1. The zero-order valence-corrected chi connectivity index (χ0v) is 12.1. The molecular weight excluding hydrogens is 308 g/mol. The first kappa shape index (κ1) is 14.4. The Labute approximate surface area is 110 Å². The summed E-state index contributed by atoms with van der Waals surface area (Å²) in [5.41, 5.74) is 0. The molecule has 0 bridgehead atoms. The fraction of sp³-hybridized carbons (Fsp3) is 0.400. The van der Waals surface area contributed by atoms with Crippen LogP contribution in [0.15, 0.2) is 27.6 Å². The minimum absolute atomic E-state index is 0.210. The molecule has 17 heavy (non-hydrogen) atoms. The van der Waals surface area contributed by atoms with Crippen LogP contribution in [-0.2, 0) is 10.0 Å². The number of methoxy groups -OCH3 is 1. The number of hydrogen-bond acceptors (Lipinski definition) is 4. The predicted octanol–water partition coefficient (Wildman–Crippen LogP) is 0.955. The Balaban J connectivity index is 2.88. The van der Waals surface area contributed by atoms with Gasteiger partial charge in [0.1, 0.15) is 5.75 Å². The van der Waals surface area contributed by atoms with Gasteiger partial charge in [0.15, 0.2) is 0 Å². The molecule has 0 fully saturated rings. The third-order valence-corrected chi connectivity index (χ3v) is 4.18. The molecule has 0 unspecified atom stereocenters. The van der Waals surface area contributed by atoms with Crippen LogP contribution in [0.25, 0.3) is 0 Å². The molecule has 0 aliphatic carbocycles. The van der Waals surface area contributed by atoms with Crippen molar-refractivity contribution in [3.05, 3.63) is 22.7 Å². The lowest BCUT2D eigenvalue weighted by Gasteiger charge is -2.08. The van der Waals surface area contributed by atoms with Crippen molar-refractivity contribution in [2.75, 3.05) is 27.2 Å². The lowest BCUT2D eigenvalue weighted by atomic mass is 10.3. The molecule has 1 rings (SSSR count). The number of likely N-dealkylation sites (N-methyl/N-ethyl adjacent to an activating group) is 1. The maximum Gasteiger partial charge on any atom is 0.240 e. The number of sulfonamides is 1. The zero-order chi connectivity index (χ0) is 12.9. The van der Waals surface area contributed by atoms with Gasteiger partial charge in [0.2, 0.25) is 10.0 Å². The summed E-state index contributed by atoms with van der Waals surface area (Å²) in [6.45, 7) is 0.930. The van der Waals surface area contributed by atoms with E-state index in [0.717, 1.165) is 0 Å². The van der Waals surface area contributed by atoms with Gasteiger partial charge < -0.3 is 10.1 Å². The lowest BCUT2D eigenvalue weighted by molar-refractivity contribution is 0.411. The molecular formula is C10H15BrN2O3S. The summed E-state index contributed by atoms with van der Waals surface area (Å²) in [5, 5.41) is 2.87. The molecule has 96 valence electrons. The fourth-order valence-corrected chi connectivity index (χ4v) is 2.96. The molecule has 0 atom stereocenters. The number of ether oxygens (including phenoxy) is 1. The van der Waals surface area contributed by atoms with Gasteiger partial charge in [-0.3, -0.25) is 0 Å². The largest absolute Gasteiger partial charge is 0.496 e. The molecule has 0 aliphatic rings. The topological polar surface area (TPSA) is 67.4 Å². The van der Waals surface area contributed by atoms with Gasteiger partial charge in [0.25, 0.3) is 0 Å². The second kappa shape index (κ2) is 6.34. The molecule has 7 heteroatoms. The molecule has 1 aromatic rings. The van der Waals surface area contributed by atoms with E-state index in [9.17, 15) is 8.42 Å². The van der Waals surface area contributed by atoms with Crippen molar-refractivity contribution < 1.29 is 13.2 Å². The highest BCUT2D eigenvalue weighted by molar-refractivity contribution is 9.10. The molecule has 0 heterocycles. The van der Waals surface area contributed by atoms with Gasteiger partial charge in [-0.2, -0.15) is 0 Å². The fourth-order valence-electron chi connectivity index (χ4n) is 1.21. The van der Waals surface area contributed by atoms with Gasteiger partial charge in [-0.1, -0.05) is 0 Å². The van der Waals surface area contributed by atoms with Crippen LogP contribution in [0.3, 0.4) is 0 Å². The van der Waals surface area contributed by atoms with Crippen molar-refractivity contribution in [1.29, 1.82) is 0 Å². The van der Waals surface area contributed by atoms with Crippen molar-refractivity contribution in [3.8, 4) is 5.75 Å². The Bertz CT molecular complexity index is 476. The SMILES string of the molecule is CNCCNS(=O)(=O)c1ccc(OC)c(Br)c1. The van der Waals surface area contributed by atoms with E-state index in [1.165, 1.54) is 19.2 Å². The Morgan fingerprint density at radius 3 is 2.59 bits per heavy atom. The summed E-state index contributed by atoms with van der Waals surface area (Å²) < 4.78 is 31.9. The van der Waals surface area contributed by atoms with E-state index in [-0.39, 0.29) is 4.90 Å². The highest BCUT2D eigenvalue weighted by Gasteiger charge is 2.14. The minimum atomic E-state index is -3.46. The normalized spacial score (nSPS) is 11.5. The third kappa shape index (κ3) is 3.95. The van der Waals surface area contributed by atoms with Gasteiger partial charge in [-0.15, -0.1) is 0 Å². The lowest BCUT2D eigenvalue weighted by Crippen LogP contribution is -2.30. The van der Waals surface area contributed by atoms with Crippen molar-refractivity contribution in [2.45, 2.75) is 4.90 Å². The van der Waals surface area contributed by atoms with Gasteiger partial charge in [-0.05, 0) is 41.2 Å². The molecule has 1 aromatic carbocycles. The molecule has 0 saturated heterocycles. The number of nitrogens with one attached hydrogen (secondary N) is 2. The highest BCUT2D eigenvalue weighted by atomic mass is 79.9. The first-order chi connectivity index (χ1) is 8.01. The number of hydrogen-bond donors (Lipinski definition) is 2. The maximum absolute atomic E-state index is 11.9. The summed E-state index contributed by atoms with van der Waals surface area (Å²) in [7, 11) is -0.166. The number of halogens is 1. The van der Waals surface area contributed by atoms with E-state index >= 15 is 0 Å². The van der Waals surface area contributed by atoms with Crippen LogP contribution < -0.4 is 14.8 Å². The van der Waals surface area contributed by atoms with Crippen molar-refractivity contribution in [3.63, 3.8) is 0 Å². The summed E-state index contributed by atoms with van der Waals surface area (Å²) in [4.78, 5) is 0.210. The van der Waals surface area contributed by atoms with Crippen molar-refractivity contribution in [2.24, 2.45) is 0 Å². The average molecular weight is 323 g/mol. The molecule has 0 aromatic heterocycles. The van der Waals surface area contributed by atoms with E-state index in [2.05, 4.69) is 26.0 Å². The molecule has 0 spiro atoms. The van der Waals surface area contributed by atoms with E-state index < -0.39 is 10.0 Å². The monoisotopic (exact) mass is 322 g/mol. The average Bonchev–Trinajstić information content (AvgIpc) is 2.29. The van der Waals surface area contributed by atoms with Crippen molar-refractivity contribution >= 4 is 26.0 Å². The highest BCUT2D eigenvalue weighted by Crippen LogP contribution is 2.27. The van der Waals surface area contributed by atoms with Crippen molar-refractivity contribution in [1.82, 2.24) is 10.0 Å². The molecule has 0 amide bonds. The van der Waals surface area contributed by atoms with E-state index in [4.69, 9.17) is 4.74 Å². The summed E-state index contributed by atoms with van der Waals surface area (Å²) in [6, 6.07) is 4.63. The first-order valence-corrected chi connectivity index (χ1v) is 7.26. The van der Waals surface area contributed by atoms with Gasteiger partial charge in [0, 0.05) is 13.1 Å². The van der Waals surface area contributed by atoms with Gasteiger partial charge in [-0.25, -0.2) is 13.1 Å². The Hall–Kier alpha value is -0.630. The number of rotatable bonds is 6. The second-order valence-corrected chi connectivity index (χ2v) is 5.92. The van der Waals surface area contributed by atoms with Crippen LogP contribution in [-0.4, -0.2) is 35.7 Å². The summed E-state index contributed by atoms with van der Waals surface area (Å²) in [6.07, 6.45) is 0. The maximum atomic E-state index is 11.9. The van der Waals surface area contributed by atoms with Crippen LogP contribution >= 0.6 is 15.9 Å². The molecule has 0 radical (unpaired) electrons. The van der Waals surface area contributed by atoms with Crippen LogP contribution in [0.2, 0.25) is 0 Å². The van der Waals surface area contributed by atoms with Crippen LogP contribution in [0.5, 0.6) is 5.75 Å². The van der Waals surface area contributed by atoms with Gasteiger partial charge in [0.05, 0.1) is 16.5 Å². The first-order valence-electron chi connectivity index (χ1n) is 4.99. The quantitative estimate of drug-likeness (QED) is 0.765. The molecule has 0 aliphatic heterocycles. The predicted molar refractivity (Wildman–Crippen MR) is 69.8 cm³/mol. The smallest absolute Gasteiger partial charge is 0.240 e. The Morgan fingerprint density at radius 1 is 1.35 bits per heavy atom. The van der Waals surface area contributed by atoms with E-state index in [0.29, 0.717) is 23.3 Å². The standard InChI is InChI=1S/C10H15BrN2O3S/c1-12-5-6-13-17(14,15)8-3-4-10(16-2)9(11)7-8/h3-4,7,12-13H,5-6H2,1-2H3. The van der Waals surface area contributed by atoms with E-state index in [1.807, 2.05) is 0 Å². The Morgan fingerprint density at radius 2 is 2.06 bits per heavy atom.